The molecule has 10 nitrogen and oxygen atoms in total. The van der Waals surface area contributed by atoms with E-state index in [9.17, 15) is 34.8 Å². The number of hydrogen-bond donors (Lipinski definition) is 6. The van der Waals surface area contributed by atoms with Crippen molar-refractivity contribution in [2.24, 2.45) is 17.6 Å². The highest BCUT2D eigenvalue weighted by Gasteiger charge is 2.64. The molecule has 12 heteroatoms. The molecule has 1 amide bonds. The molecule has 0 aromatic heterocycles. The number of ketones is 2. The lowest BCUT2D eigenvalue weighted by Gasteiger charge is -2.50. The number of rotatable bonds is 2. The van der Waals surface area contributed by atoms with Crippen molar-refractivity contribution in [3.63, 3.8) is 0 Å². The predicted molar refractivity (Wildman–Crippen MR) is 123 cm³/mol. The highest BCUT2D eigenvalue weighted by molar-refractivity contribution is 6.24. The summed E-state index contributed by atoms with van der Waals surface area (Å²) >= 11 is 0. The SMILES string of the molecule is CN(C)[C@@H]1C(=O)C(C(N)=O)=C(O)[C@@]2(O)C(=O)C3=C(O)c4c(O)ccc(N)c4C[C@H]3C[C@@H]12.Cl.Cl. The second-order valence-electron chi connectivity index (χ2n) is 8.49. The number of likely N-dealkylation sites (N-methyl/N-ethyl adjacent to an activating group) is 1. The van der Waals surface area contributed by atoms with Crippen LogP contribution in [0, 0.1) is 11.8 Å². The molecule has 180 valence electrons. The van der Waals surface area contributed by atoms with Gasteiger partial charge < -0.3 is 31.9 Å². The molecule has 0 unspecified atom stereocenters. The number of primary amides is 1. The Kier molecular flexibility index (Phi) is 6.84. The smallest absolute Gasteiger partial charge is 0.255 e. The number of carbonyl (C=O) groups excluding carboxylic acids is 3. The second-order valence-corrected chi connectivity index (χ2v) is 8.49. The van der Waals surface area contributed by atoms with Crippen LogP contribution in [0.15, 0.2) is 29.0 Å². The lowest BCUT2D eigenvalue weighted by atomic mass is 9.57. The summed E-state index contributed by atoms with van der Waals surface area (Å²) in [7, 11) is 3.09. The van der Waals surface area contributed by atoms with Crippen LogP contribution in [0.25, 0.3) is 5.76 Å². The van der Waals surface area contributed by atoms with Crippen LogP contribution in [0.2, 0.25) is 0 Å². The summed E-state index contributed by atoms with van der Waals surface area (Å²) in [5, 5.41) is 43.3. The minimum absolute atomic E-state index is 0. The number of hydrogen-bond acceptors (Lipinski definition) is 9. The van der Waals surface area contributed by atoms with E-state index in [2.05, 4.69) is 0 Å². The molecule has 0 saturated heterocycles. The number of nitrogens with two attached hydrogens (primary N) is 2. The average Bonchev–Trinajstić information content (AvgIpc) is 2.67. The van der Waals surface area contributed by atoms with E-state index in [-0.39, 0.29) is 54.5 Å². The van der Waals surface area contributed by atoms with Gasteiger partial charge in [-0.1, -0.05) is 0 Å². The first kappa shape index (κ1) is 26.5. The van der Waals surface area contributed by atoms with Gasteiger partial charge in [-0.2, -0.15) is 0 Å². The number of halogens is 2. The number of aromatic hydroxyl groups is 1. The Bertz CT molecular complexity index is 1130. The van der Waals surface area contributed by atoms with Gasteiger partial charge in [-0.15, -0.1) is 24.8 Å². The van der Waals surface area contributed by atoms with Gasteiger partial charge in [0, 0.05) is 17.2 Å². The molecule has 0 aliphatic heterocycles. The second kappa shape index (κ2) is 8.53. The Balaban J connectivity index is 0.00000193. The van der Waals surface area contributed by atoms with E-state index in [1.807, 2.05) is 0 Å². The van der Waals surface area contributed by atoms with E-state index < -0.39 is 58.0 Å². The van der Waals surface area contributed by atoms with Crippen molar-refractivity contribution in [1.82, 2.24) is 4.90 Å². The number of nitrogen functional groups attached to an aromatic ring is 1. The van der Waals surface area contributed by atoms with Gasteiger partial charge in [-0.3, -0.25) is 19.3 Å². The molecule has 1 aromatic carbocycles. The fourth-order valence-corrected chi connectivity index (χ4v) is 5.27. The number of amides is 1. The molecular weight excluding hydrogens is 477 g/mol. The Morgan fingerprint density at radius 3 is 2.30 bits per heavy atom. The van der Waals surface area contributed by atoms with Crippen LogP contribution in [0.3, 0.4) is 0 Å². The number of fused-ring (bicyclic) bond motifs is 3. The van der Waals surface area contributed by atoms with Crippen molar-refractivity contribution in [3.05, 3.63) is 40.2 Å². The number of Topliss-reactive ketones (excluding diaryl/α,β-unsaturated/α-hetero) is 2. The quantitative estimate of drug-likeness (QED) is 0.189. The van der Waals surface area contributed by atoms with Crippen molar-refractivity contribution < 1.29 is 34.8 Å². The zero-order valence-corrected chi connectivity index (χ0v) is 19.4. The number of benzene rings is 1. The highest BCUT2D eigenvalue weighted by atomic mass is 35.5. The van der Waals surface area contributed by atoms with Gasteiger partial charge >= 0.3 is 0 Å². The third-order valence-corrected chi connectivity index (χ3v) is 6.64. The summed E-state index contributed by atoms with van der Waals surface area (Å²) in [5.41, 5.74) is 8.35. The lowest BCUT2D eigenvalue weighted by Crippen LogP contribution is -2.65. The van der Waals surface area contributed by atoms with Crippen LogP contribution in [0.5, 0.6) is 5.75 Å². The molecule has 0 radical (unpaired) electrons. The van der Waals surface area contributed by atoms with E-state index in [1.165, 1.54) is 17.0 Å². The van der Waals surface area contributed by atoms with Gasteiger partial charge in [0.15, 0.2) is 11.4 Å². The normalized spacial score (nSPS) is 28.4. The third-order valence-electron chi connectivity index (χ3n) is 6.64. The van der Waals surface area contributed by atoms with E-state index >= 15 is 0 Å². The molecule has 33 heavy (non-hydrogen) atoms. The molecule has 1 fully saturated rings. The highest BCUT2D eigenvalue weighted by Crippen LogP contribution is 2.53. The van der Waals surface area contributed by atoms with Gasteiger partial charge in [0.25, 0.3) is 5.91 Å². The molecule has 0 bridgehead atoms. The zero-order valence-electron chi connectivity index (χ0n) is 17.7. The number of carbonyl (C=O) groups is 3. The minimum atomic E-state index is -2.64. The minimum Gasteiger partial charge on any atom is -0.508 e. The fourth-order valence-electron chi connectivity index (χ4n) is 5.27. The Hall–Kier alpha value is -2.79. The summed E-state index contributed by atoms with van der Waals surface area (Å²) in [6.45, 7) is 0. The van der Waals surface area contributed by atoms with Crippen molar-refractivity contribution in [1.29, 1.82) is 0 Å². The topological polar surface area (TPSA) is 187 Å². The molecule has 1 aromatic rings. The standard InChI is InChI=1S/C21H23N3O7.2ClH/c1-24(2)15-9-6-7-5-8-10(22)3-4-11(25)13(8)16(26)12(7)18(28)21(9,31)19(29)14(17(15)27)20(23)30;;/h3-4,7,9,15,25-26,29,31H,5-6,22H2,1-2H3,(H2,23,30);2*1H/t7-,9-,15-,21-;;/m0../s1. The van der Waals surface area contributed by atoms with Crippen LogP contribution in [0.4, 0.5) is 5.69 Å². The first-order chi connectivity index (χ1) is 14.4. The van der Waals surface area contributed by atoms with Crippen LogP contribution < -0.4 is 11.5 Å². The van der Waals surface area contributed by atoms with E-state index in [0.29, 0.717) is 11.3 Å². The molecule has 8 N–H and O–H groups in total. The van der Waals surface area contributed by atoms with Crippen LogP contribution in [-0.4, -0.2) is 68.5 Å². The molecular formula is C21H25Cl2N3O7. The number of anilines is 1. The third kappa shape index (κ3) is 3.36. The largest absolute Gasteiger partial charge is 0.508 e. The summed E-state index contributed by atoms with van der Waals surface area (Å²) in [6.07, 6.45) is 0.204. The number of aliphatic hydroxyl groups excluding tert-OH is 2. The molecule has 4 rings (SSSR count). The van der Waals surface area contributed by atoms with Gasteiger partial charge in [0.05, 0.1) is 11.6 Å². The monoisotopic (exact) mass is 501 g/mol. The van der Waals surface area contributed by atoms with E-state index in [1.54, 1.807) is 14.1 Å². The van der Waals surface area contributed by atoms with Gasteiger partial charge in [-0.05, 0) is 50.6 Å². The van der Waals surface area contributed by atoms with Gasteiger partial charge in [0.2, 0.25) is 5.78 Å². The Morgan fingerprint density at radius 2 is 1.76 bits per heavy atom. The first-order valence-corrected chi connectivity index (χ1v) is 9.68. The maximum atomic E-state index is 13.5. The van der Waals surface area contributed by atoms with Crippen LogP contribution >= 0.6 is 24.8 Å². The average molecular weight is 502 g/mol. The first-order valence-electron chi connectivity index (χ1n) is 9.68. The molecule has 3 aliphatic carbocycles. The number of nitrogens with zero attached hydrogens (tertiary/aromatic N) is 1. The van der Waals surface area contributed by atoms with Crippen molar-refractivity contribution in [3.8, 4) is 5.75 Å². The zero-order chi connectivity index (χ0) is 23.0. The van der Waals surface area contributed by atoms with Crippen molar-refractivity contribution in [2.75, 3.05) is 19.8 Å². The lowest BCUT2D eigenvalue weighted by molar-refractivity contribution is -0.153. The van der Waals surface area contributed by atoms with Crippen molar-refractivity contribution >= 4 is 53.7 Å². The van der Waals surface area contributed by atoms with Gasteiger partial charge in [0.1, 0.15) is 22.8 Å². The summed E-state index contributed by atoms with van der Waals surface area (Å²) in [4.78, 5) is 39.8. The number of phenolic OH excluding ortho intramolecular Hbond substituents is 1. The maximum Gasteiger partial charge on any atom is 0.255 e. The predicted octanol–water partition coefficient (Wildman–Crippen LogP) is 0.390. The molecule has 0 spiro atoms. The number of phenols is 1. The Labute approximate surface area is 201 Å². The molecule has 1 saturated carbocycles. The van der Waals surface area contributed by atoms with Crippen LogP contribution in [-0.2, 0) is 20.8 Å². The fraction of sp³-hybridized carbons (Fsp3) is 0.381. The van der Waals surface area contributed by atoms with E-state index in [4.69, 9.17) is 11.5 Å². The number of aliphatic hydroxyl groups is 3. The summed E-state index contributed by atoms with van der Waals surface area (Å²) < 4.78 is 0. The maximum absolute atomic E-state index is 13.5. The molecule has 4 atom stereocenters. The van der Waals surface area contributed by atoms with E-state index in [0.717, 1.165) is 0 Å². The van der Waals surface area contributed by atoms with Gasteiger partial charge in [-0.25, -0.2) is 0 Å². The van der Waals surface area contributed by atoms with Crippen molar-refractivity contribution in [2.45, 2.75) is 24.5 Å². The van der Waals surface area contributed by atoms with Crippen LogP contribution in [0.1, 0.15) is 17.5 Å². The summed E-state index contributed by atoms with van der Waals surface area (Å²) in [6, 6.07) is 1.65. The summed E-state index contributed by atoms with van der Waals surface area (Å²) in [5.74, 6) is -6.80. The molecule has 3 aliphatic rings. The Morgan fingerprint density at radius 1 is 1.15 bits per heavy atom. The molecule has 0 heterocycles.